The highest BCUT2D eigenvalue weighted by Gasteiger charge is 2.39. The SMILES string of the molecule is O=C(O)C(F)(F)F.O=C1COC2(CCN(Cc3ccoc3)CC2)CN1. The fourth-order valence-corrected chi connectivity index (χ4v) is 2.66. The number of carboxylic acid groups (broad SMARTS) is 1. The van der Waals surface area contributed by atoms with Gasteiger partial charge in [0.05, 0.1) is 18.1 Å². The Morgan fingerprint density at radius 3 is 2.44 bits per heavy atom. The largest absolute Gasteiger partial charge is 0.490 e. The van der Waals surface area contributed by atoms with Gasteiger partial charge in [-0.15, -0.1) is 0 Å². The molecular weight excluding hydrogens is 345 g/mol. The van der Waals surface area contributed by atoms with Crippen LogP contribution in [0.1, 0.15) is 18.4 Å². The van der Waals surface area contributed by atoms with Crippen LogP contribution in [0, 0.1) is 0 Å². The Labute approximate surface area is 141 Å². The number of morpholine rings is 1. The zero-order valence-electron chi connectivity index (χ0n) is 13.3. The number of hydrogen-bond donors (Lipinski definition) is 2. The highest BCUT2D eigenvalue weighted by molar-refractivity contribution is 5.78. The van der Waals surface area contributed by atoms with E-state index in [1.54, 1.807) is 12.5 Å². The summed E-state index contributed by atoms with van der Waals surface area (Å²) < 4.78 is 42.6. The van der Waals surface area contributed by atoms with Crippen molar-refractivity contribution in [3.63, 3.8) is 0 Å². The van der Waals surface area contributed by atoms with E-state index in [0.717, 1.165) is 32.5 Å². The summed E-state index contributed by atoms with van der Waals surface area (Å²) in [6, 6.07) is 2.00. The molecule has 2 aliphatic rings. The molecule has 0 bridgehead atoms. The normalized spacial score (nSPS) is 20.5. The molecule has 0 unspecified atom stereocenters. The van der Waals surface area contributed by atoms with E-state index in [1.165, 1.54) is 5.56 Å². The fraction of sp³-hybridized carbons (Fsp3) is 0.600. The summed E-state index contributed by atoms with van der Waals surface area (Å²) in [5.74, 6) is -2.76. The summed E-state index contributed by atoms with van der Waals surface area (Å²) in [7, 11) is 0. The van der Waals surface area contributed by atoms with E-state index in [0.29, 0.717) is 6.54 Å². The Morgan fingerprint density at radius 1 is 1.36 bits per heavy atom. The number of nitrogens with one attached hydrogen (secondary N) is 1. The molecule has 3 heterocycles. The summed E-state index contributed by atoms with van der Waals surface area (Å²) in [6.45, 7) is 3.80. The van der Waals surface area contributed by atoms with Crippen LogP contribution in [0.2, 0.25) is 0 Å². The molecule has 10 heteroatoms. The van der Waals surface area contributed by atoms with Crippen LogP contribution in [-0.2, 0) is 20.9 Å². The van der Waals surface area contributed by atoms with E-state index >= 15 is 0 Å². The second-order valence-corrected chi connectivity index (χ2v) is 5.96. The fourth-order valence-electron chi connectivity index (χ4n) is 2.66. The van der Waals surface area contributed by atoms with Crippen molar-refractivity contribution in [1.82, 2.24) is 10.2 Å². The zero-order chi connectivity index (χ0) is 18.5. The van der Waals surface area contributed by atoms with Crippen molar-refractivity contribution in [2.45, 2.75) is 31.2 Å². The second kappa shape index (κ2) is 7.87. The van der Waals surface area contributed by atoms with E-state index in [2.05, 4.69) is 10.2 Å². The quantitative estimate of drug-likeness (QED) is 0.824. The maximum Gasteiger partial charge on any atom is 0.490 e. The van der Waals surface area contributed by atoms with Crippen LogP contribution in [0.4, 0.5) is 13.2 Å². The third-order valence-electron chi connectivity index (χ3n) is 4.11. The van der Waals surface area contributed by atoms with Gasteiger partial charge < -0.3 is 19.6 Å². The zero-order valence-corrected chi connectivity index (χ0v) is 13.3. The van der Waals surface area contributed by atoms with Crippen molar-refractivity contribution < 1.29 is 37.0 Å². The van der Waals surface area contributed by atoms with E-state index in [9.17, 15) is 18.0 Å². The van der Waals surface area contributed by atoms with Crippen LogP contribution in [0.25, 0.3) is 0 Å². The number of likely N-dealkylation sites (tertiary alicyclic amines) is 1. The smallest absolute Gasteiger partial charge is 0.475 e. The molecular formula is C15H19F3N2O5. The van der Waals surface area contributed by atoms with Crippen LogP contribution >= 0.6 is 0 Å². The van der Waals surface area contributed by atoms with Crippen LogP contribution in [0.3, 0.4) is 0 Å². The first kappa shape index (κ1) is 19.3. The number of aliphatic carboxylic acids is 1. The summed E-state index contributed by atoms with van der Waals surface area (Å²) in [5, 5.41) is 10.0. The Morgan fingerprint density at radius 2 is 2.00 bits per heavy atom. The standard InChI is InChI=1S/C13H18N2O3.C2HF3O2/c16-12-9-18-13(10-14-12)2-4-15(5-3-13)7-11-1-6-17-8-11;3-2(4,5)1(6)7/h1,6,8H,2-5,7,9-10H2,(H,14,16);(H,6,7). The van der Waals surface area contributed by atoms with Gasteiger partial charge in [0.25, 0.3) is 0 Å². The number of alkyl halides is 3. The predicted octanol–water partition coefficient (Wildman–Crippen LogP) is 1.39. The maximum atomic E-state index is 11.1. The number of carboxylic acids is 1. The van der Waals surface area contributed by atoms with Crippen LogP contribution in [0.5, 0.6) is 0 Å². The van der Waals surface area contributed by atoms with E-state index in [1.807, 2.05) is 6.07 Å². The van der Waals surface area contributed by atoms with Gasteiger partial charge in [-0.05, 0) is 18.9 Å². The Bertz CT molecular complexity index is 568. The van der Waals surface area contributed by atoms with Gasteiger partial charge in [0.1, 0.15) is 6.61 Å². The summed E-state index contributed by atoms with van der Waals surface area (Å²) in [6.07, 6.45) is 0.374. The molecule has 25 heavy (non-hydrogen) atoms. The monoisotopic (exact) mass is 364 g/mol. The number of hydrogen-bond acceptors (Lipinski definition) is 5. The lowest BCUT2D eigenvalue weighted by Gasteiger charge is -2.43. The molecule has 1 spiro atoms. The molecule has 2 N–H and O–H groups in total. The molecule has 0 atom stereocenters. The molecule has 0 aliphatic carbocycles. The number of amides is 1. The Kier molecular flexibility index (Phi) is 6.07. The Balaban J connectivity index is 0.000000277. The molecule has 2 fully saturated rings. The highest BCUT2D eigenvalue weighted by Crippen LogP contribution is 2.28. The topological polar surface area (TPSA) is 92.0 Å². The van der Waals surface area contributed by atoms with E-state index in [-0.39, 0.29) is 18.1 Å². The van der Waals surface area contributed by atoms with Gasteiger partial charge >= 0.3 is 12.1 Å². The maximum absolute atomic E-state index is 11.1. The van der Waals surface area contributed by atoms with Crippen molar-refractivity contribution in [3.8, 4) is 0 Å². The van der Waals surface area contributed by atoms with Crippen molar-refractivity contribution in [3.05, 3.63) is 24.2 Å². The predicted molar refractivity (Wildman–Crippen MR) is 78.6 cm³/mol. The minimum atomic E-state index is -5.08. The molecule has 140 valence electrons. The van der Waals surface area contributed by atoms with Gasteiger partial charge in [0.15, 0.2) is 0 Å². The van der Waals surface area contributed by atoms with Gasteiger partial charge in [-0.3, -0.25) is 9.69 Å². The van der Waals surface area contributed by atoms with E-state index in [4.69, 9.17) is 19.1 Å². The first-order valence-corrected chi connectivity index (χ1v) is 7.64. The molecule has 1 amide bonds. The van der Waals surface area contributed by atoms with Crippen molar-refractivity contribution in [2.75, 3.05) is 26.2 Å². The lowest BCUT2D eigenvalue weighted by atomic mass is 9.90. The highest BCUT2D eigenvalue weighted by atomic mass is 19.4. The number of carbonyl (C=O) groups excluding carboxylic acids is 1. The van der Waals surface area contributed by atoms with Crippen LogP contribution in [-0.4, -0.2) is 59.9 Å². The number of furan rings is 1. The molecule has 0 saturated carbocycles. The van der Waals surface area contributed by atoms with Gasteiger partial charge in [-0.25, -0.2) is 4.79 Å². The molecule has 1 aromatic heterocycles. The number of carbonyl (C=O) groups is 2. The van der Waals surface area contributed by atoms with Gasteiger partial charge in [-0.1, -0.05) is 0 Å². The molecule has 7 nitrogen and oxygen atoms in total. The van der Waals surface area contributed by atoms with Gasteiger partial charge in [-0.2, -0.15) is 13.2 Å². The summed E-state index contributed by atoms with van der Waals surface area (Å²) >= 11 is 0. The van der Waals surface area contributed by atoms with E-state index < -0.39 is 12.1 Å². The van der Waals surface area contributed by atoms with Gasteiger partial charge in [0.2, 0.25) is 5.91 Å². The lowest BCUT2D eigenvalue weighted by molar-refractivity contribution is -0.192. The minimum absolute atomic E-state index is 0.00134. The average molecular weight is 364 g/mol. The minimum Gasteiger partial charge on any atom is -0.475 e. The van der Waals surface area contributed by atoms with Crippen molar-refractivity contribution in [1.29, 1.82) is 0 Å². The molecule has 0 radical (unpaired) electrons. The summed E-state index contributed by atoms with van der Waals surface area (Å²) in [5.41, 5.74) is 1.09. The van der Waals surface area contributed by atoms with Gasteiger partial charge in [0, 0.05) is 31.7 Å². The second-order valence-electron chi connectivity index (χ2n) is 5.96. The molecule has 2 saturated heterocycles. The number of rotatable bonds is 2. The molecule has 2 aliphatic heterocycles. The van der Waals surface area contributed by atoms with Crippen molar-refractivity contribution in [2.24, 2.45) is 0 Å². The molecule has 1 aromatic rings. The third-order valence-corrected chi connectivity index (χ3v) is 4.11. The number of piperidine rings is 1. The molecule has 0 aromatic carbocycles. The lowest BCUT2D eigenvalue weighted by Crippen LogP contribution is -2.57. The van der Waals surface area contributed by atoms with Crippen molar-refractivity contribution >= 4 is 11.9 Å². The third kappa shape index (κ3) is 5.75. The number of ether oxygens (including phenoxy) is 1. The average Bonchev–Trinajstić information content (AvgIpc) is 3.05. The number of nitrogens with zero attached hydrogens (tertiary/aromatic N) is 1. The Hall–Kier alpha value is -2.07. The first-order chi connectivity index (χ1) is 11.7. The van der Waals surface area contributed by atoms with Crippen LogP contribution in [0.15, 0.2) is 23.0 Å². The van der Waals surface area contributed by atoms with Crippen LogP contribution < -0.4 is 5.32 Å². The number of halogens is 3. The molecule has 3 rings (SSSR count). The first-order valence-electron chi connectivity index (χ1n) is 7.64. The summed E-state index contributed by atoms with van der Waals surface area (Å²) in [4.78, 5) is 22.4.